The Balaban J connectivity index is 2.58. The first-order chi connectivity index (χ1) is 8.61. The summed E-state index contributed by atoms with van der Waals surface area (Å²) < 4.78 is 5.35. The molecule has 4 nitrogen and oxygen atoms in total. The second-order valence-corrected chi connectivity index (χ2v) is 3.76. The lowest BCUT2D eigenvalue weighted by molar-refractivity contribution is 0.0698. The Morgan fingerprint density at radius 1 is 1.50 bits per heavy atom. The van der Waals surface area contributed by atoms with Crippen LogP contribution in [0.2, 0.25) is 0 Å². The van der Waals surface area contributed by atoms with E-state index in [4.69, 9.17) is 11.2 Å². The van der Waals surface area contributed by atoms with Gasteiger partial charge in [0.15, 0.2) is 6.10 Å². The van der Waals surface area contributed by atoms with Crippen molar-refractivity contribution in [2.75, 3.05) is 0 Å². The van der Waals surface area contributed by atoms with Gasteiger partial charge in [-0.15, -0.1) is 6.42 Å². The van der Waals surface area contributed by atoms with Gasteiger partial charge in [-0.2, -0.15) is 0 Å². The average molecular weight is 241 g/mol. The van der Waals surface area contributed by atoms with Gasteiger partial charge in [-0.1, -0.05) is 24.1 Å². The van der Waals surface area contributed by atoms with Gasteiger partial charge in [0.25, 0.3) is 0 Å². The smallest absolute Gasteiger partial charge is 0.336 e. The van der Waals surface area contributed by atoms with Crippen LogP contribution in [-0.4, -0.2) is 22.2 Å². The summed E-state index contributed by atoms with van der Waals surface area (Å²) in [6.45, 7) is 1.69. The highest BCUT2D eigenvalue weighted by atomic mass is 16.5. The lowest BCUT2D eigenvalue weighted by atomic mass is 10.1. The molecule has 0 saturated carbocycles. The van der Waals surface area contributed by atoms with Crippen molar-refractivity contribution in [2.24, 2.45) is 0 Å². The molecule has 1 N–H and O–H groups in total. The summed E-state index contributed by atoms with van der Waals surface area (Å²) in [5.74, 6) is 1.60. The van der Waals surface area contributed by atoms with Crippen molar-refractivity contribution in [1.82, 2.24) is 4.98 Å². The summed E-state index contributed by atoms with van der Waals surface area (Å²) in [6, 6.07) is 8.38. The van der Waals surface area contributed by atoms with E-state index in [1.165, 1.54) is 6.07 Å². The number of carbonyl (C=O) groups is 1. The van der Waals surface area contributed by atoms with Crippen molar-refractivity contribution >= 4 is 16.9 Å². The van der Waals surface area contributed by atoms with Crippen LogP contribution in [0.5, 0.6) is 5.88 Å². The van der Waals surface area contributed by atoms with Crippen molar-refractivity contribution in [3.63, 3.8) is 0 Å². The first-order valence-corrected chi connectivity index (χ1v) is 5.37. The number of pyridine rings is 1. The second-order valence-electron chi connectivity index (χ2n) is 3.76. The number of benzene rings is 1. The van der Waals surface area contributed by atoms with Crippen LogP contribution in [0, 0.1) is 12.3 Å². The third-order valence-electron chi connectivity index (χ3n) is 2.46. The van der Waals surface area contributed by atoms with Crippen LogP contribution < -0.4 is 4.74 Å². The number of carboxylic acids is 1. The summed E-state index contributed by atoms with van der Waals surface area (Å²) in [5, 5.41) is 9.75. The molecule has 0 aliphatic rings. The van der Waals surface area contributed by atoms with E-state index >= 15 is 0 Å². The number of nitrogens with zero attached hydrogens (tertiary/aromatic N) is 1. The van der Waals surface area contributed by atoms with Crippen molar-refractivity contribution in [3.05, 3.63) is 35.9 Å². The third-order valence-corrected chi connectivity index (χ3v) is 2.46. The standard InChI is InChI=1S/C14H11NO3/c1-3-9(2)18-13-8-11(14(16)17)10-6-4-5-7-12(10)15-13/h1,4-9H,2H3,(H,16,17). The van der Waals surface area contributed by atoms with Crippen molar-refractivity contribution in [1.29, 1.82) is 0 Å². The van der Waals surface area contributed by atoms with E-state index in [1.807, 2.05) is 0 Å². The normalized spacial score (nSPS) is 11.8. The highest BCUT2D eigenvalue weighted by Gasteiger charge is 2.13. The number of terminal acetylenes is 1. The van der Waals surface area contributed by atoms with Crippen LogP contribution in [0.4, 0.5) is 0 Å². The molecular weight excluding hydrogens is 230 g/mol. The average Bonchev–Trinajstić information content (AvgIpc) is 2.37. The van der Waals surface area contributed by atoms with Gasteiger partial charge in [-0.05, 0) is 13.0 Å². The van der Waals surface area contributed by atoms with E-state index in [0.717, 1.165) is 0 Å². The molecule has 18 heavy (non-hydrogen) atoms. The fourth-order valence-electron chi connectivity index (χ4n) is 1.60. The molecule has 0 spiro atoms. The van der Waals surface area contributed by atoms with Gasteiger partial charge in [0, 0.05) is 11.5 Å². The maximum Gasteiger partial charge on any atom is 0.336 e. The van der Waals surface area contributed by atoms with Crippen molar-refractivity contribution in [3.8, 4) is 18.2 Å². The fourth-order valence-corrected chi connectivity index (χ4v) is 1.60. The lowest BCUT2D eigenvalue weighted by Gasteiger charge is -2.10. The molecule has 0 radical (unpaired) electrons. The van der Waals surface area contributed by atoms with E-state index < -0.39 is 12.1 Å². The Labute approximate surface area is 104 Å². The lowest BCUT2D eigenvalue weighted by Crippen LogP contribution is -2.10. The molecule has 4 heteroatoms. The SMILES string of the molecule is C#CC(C)Oc1cc(C(=O)O)c2ccccc2n1. The molecule has 2 aromatic rings. The Hall–Kier alpha value is -2.54. The summed E-state index contributed by atoms with van der Waals surface area (Å²) in [6.07, 6.45) is 4.75. The Kier molecular flexibility index (Phi) is 3.16. The highest BCUT2D eigenvalue weighted by molar-refractivity contribution is 6.02. The third kappa shape index (κ3) is 2.25. The molecule has 90 valence electrons. The zero-order valence-corrected chi connectivity index (χ0v) is 9.75. The van der Waals surface area contributed by atoms with Gasteiger partial charge in [0.1, 0.15) is 0 Å². The minimum absolute atomic E-state index is 0.153. The van der Waals surface area contributed by atoms with E-state index in [2.05, 4.69) is 10.9 Å². The Morgan fingerprint density at radius 2 is 2.22 bits per heavy atom. The van der Waals surface area contributed by atoms with Crippen LogP contribution in [0.25, 0.3) is 10.9 Å². The summed E-state index contributed by atoms with van der Waals surface area (Å²) in [4.78, 5) is 15.4. The first kappa shape index (κ1) is 11.9. The van der Waals surface area contributed by atoms with Crippen LogP contribution in [0.15, 0.2) is 30.3 Å². The van der Waals surface area contributed by atoms with Crippen LogP contribution in [-0.2, 0) is 0 Å². The zero-order chi connectivity index (χ0) is 13.1. The van der Waals surface area contributed by atoms with E-state index in [1.54, 1.807) is 31.2 Å². The molecule has 1 aromatic heterocycles. The Bertz CT molecular complexity index is 643. The van der Waals surface area contributed by atoms with Crippen LogP contribution in [0.1, 0.15) is 17.3 Å². The monoisotopic (exact) mass is 241 g/mol. The number of hydrogen-bond acceptors (Lipinski definition) is 3. The van der Waals surface area contributed by atoms with E-state index in [0.29, 0.717) is 10.9 Å². The number of ether oxygens (including phenoxy) is 1. The van der Waals surface area contributed by atoms with Gasteiger partial charge in [0.05, 0.1) is 11.1 Å². The molecule has 0 saturated heterocycles. The minimum atomic E-state index is -1.02. The Morgan fingerprint density at radius 3 is 2.89 bits per heavy atom. The molecule has 0 aliphatic heterocycles. The van der Waals surface area contributed by atoms with E-state index in [9.17, 15) is 9.90 Å². The van der Waals surface area contributed by atoms with Gasteiger partial charge < -0.3 is 9.84 Å². The van der Waals surface area contributed by atoms with Gasteiger partial charge in [-0.25, -0.2) is 9.78 Å². The second kappa shape index (κ2) is 4.76. The van der Waals surface area contributed by atoms with Crippen molar-refractivity contribution < 1.29 is 14.6 Å². The number of rotatable bonds is 3. The largest absolute Gasteiger partial charge is 0.478 e. The van der Waals surface area contributed by atoms with Crippen LogP contribution in [0.3, 0.4) is 0 Å². The number of hydrogen-bond donors (Lipinski definition) is 1. The summed E-state index contributed by atoms with van der Waals surface area (Å²) in [5.41, 5.74) is 0.719. The molecule has 0 aliphatic carbocycles. The number of fused-ring (bicyclic) bond motifs is 1. The topological polar surface area (TPSA) is 59.4 Å². The maximum atomic E-state index is 11.2. The predicted octanol–water partition coefficient (Wildman–Crippen LogP) is 2.33. The highest BCUT2D eigenvalue weighted by Crippen LogP contribution is 2.22. The van der Waals surface area contributed by atoms with Crippen molar-refractivity contribution in [2.45, 2.75) is 13.0 Å². The van der Waals surface area contributed by atoms with Crippen LogP contribution >= 0.6 is 0 Å². The van der Waals surface area contributed by atoms with E-state index in [-0.39, 0.29) is 11.4 Å². The fraction of sp³-hybridized carbons (Fsp3) is 0.143. The maximum absolute atomic E-state index is 11.2. The molecule has 1 atom stereocenters. The zero-order valence-electron chi connectivity index (χ0n) is 9.75. The number of para-hydroxylation sites is 1. The first-order valence-electron chi connectivity index (χ1n) is 5.37. The molecule has 0 bridgehead atoms. The minimum Gasteiger partial charge on any atom is -0.478 e. The molecule has 1 aromatic carbocycles. The summed E-state index contributed by atoms with van der Waals surface area (Å²) in [7, 11) is 0. The van der Waals surface area contributed by atoms with Gasteiger partial charge >= 0.3 is 5.97 Å². The molecule has 1 unspecified atom stereocenters. The number of carboxylic acid groups (broad SMARTS) is 1. The number of aromatic carboxylic acids is 1. The molecule has 0 fully saturated rings. The molecule has 0 amide bonds. The predicted molar refractivity (Wildman–Crippen MR) is 67.6 cm³/mol. The molecular formula is C14H11NO3. The quantitative estimate of drug-likeness (QED) is 0.838. The number of aromatic nitrogens is 1. The van der Waals surface area contributed by atoms with Gasteiger partial charge in [0.2, 0.25) is 5.88 Å². The summed E-state index contributed by atoms with van der Waals surface area (Å²) >= 11 is 0. The molecule has 2 rings (SSSR count). The molecule has 1 heterocycles. The van der Waals surface area contributed by atoms with Gasteiger partial charge in [-0.3, -0.25) is 0 Å².